The third-order valence-corrected chi connectivity index (χ3v) is 4.60. The average Bonchev–Trinajstić information content (AvgIpc) is 3.00. The van der Waals surface area contributed by atoms with Crippen molar-refractivity contribution < 1.29 is 14.3 Å². The lowest BCUT2D eigenvalue weighted by atomic mass is 10.2. The molecule has 0 aliphatic carbocycles. The van der Waals surface area contributed by atoms with E-state index in [1.807, 2.05) is 35.7 Å². The molecule has 1 aliphatic heterocycles. The fourth-order valence-corrected chi connectivity index (χ4v) is 3.62. The fraction of sp³-hybridized carbons (Fsp3) is 0.444. The molecule has 0 spiro atoms. The van der Waals surface area contributed by atoms with Gasteiger partial charge in [0.25, 0.3) is 5.91 Å². The molecule has 1 N–H and O–H groups in total. The molecule has 0 bridgehead atoms. The summed E-state index contributed by atoms with van der Waals surface area (Å²) in [6.45, 7) is 6.70. The summed E-state index contributed by atoms with van der Waals surface area (Å²) in [5.41, 5.74) is 0.963. The molecule has 1 aromatic carbocycles. The van der Waals surface area contributed by atoms with Gasteiger partial charge in [-0.15, -0.1) is 11.3 Å². The minimum atomic E-state index is -0.210. The Hall–Kier alpha value is -1.96. The molecule has 2 atom stereocenters. The third-order valence-electron chi connectivity index (χ3n) is 3.79. The molecule has 1 aliphatic rings. The Morgan fingerprint density at radius 2 is 2.04 bits per heavy atom. The van der Waals surface area contributed by atoms with Gasteiger partial charge in [-0.2, -0.15) is 0 Å². The zero-order chi connectivity index (χ0) is 17.6. The van der Waals surface area contributed by atoms with Crippen LogP contribution in [-0.2, 0) is 16.1 Å². The van der Waals surface area contributed by atoms with Crippen LogP contribution in [0.15, 0.2) is 35.7 Å². The molecule has 0 radical (unpaired) electrons. The summed E-state index contributed by atoms with van der Waals surface area (Å²) >= 11 is 1.43. The van der Waals surface area contributed by atoms with Crippen LogP contribution in [0.4, 0.5) is 5.13 Å². The number of carbonyl (C=O) groups excluding carboxylic acids is 1. The molecule has 6 nitrogen and oxygen atoms in total. The maximum atomic E-state index is 12.0. The summed E-state index contributed by atoms with van der Waals surface area (Å²) in [6, 6.07) is 9.28. The largest absolute Gasteiger partial charge is 0.484 e. The van der Waals surface area contributed by atoms with Crippen LogP contribution in [0.25, 0.3) is 0 Å². The van der Waals surface area contributed by atoms with Gasteiger partial charge in [0.05, 0.1) is 17.9 Å². The standard InChI is InChI=1S/C18H23N3O3S/c1-13-8-21(9-14(2)24-13)10-15-12-25-18(19-15)20-17(22)11-23-16-6-4-3-5-7-16/h3-7,12-14H,8-11H2,1-2H3,(H,19,20,22). The van der Waals surface area contributed by atoms with Crippen molar-refractivity contribution in [2.45, 2.75) is 32.6 Å². The molecule has 1 fully saturated rings. The first kappa shape index (κ1) is 17.8. The average molecular weight is 361 g/mol. The van der Waals surface area contributed by atoms with Crippen LogP contribution in [0.2, 0.25) is 0 Å². The highest BCUT2D eigenvalue weighted by Crippen LogP contribution is 2.19. The van der Waals surface area contributed by atoms with Crippen molar-refractivity contribution in [1.82, 2.24) is 9.88 Å². The van der Waals surface area contributed by atoms with E-state index in [1.165, 1.54) is 11.3 Å². The number of anilines is 1. The van der Waals surface area contributed by atoms with Crippen LogP contribution in [0.5, 0.6) is 5.75 Å². The van der Waals surface area contributed by atoms with Gasteiger partial charge in [0.15, 0.2) is 11.7 Å². The van der Waals surface area contributed by atoms with E-state index in [0.29, 0.717) is 10.9 Å². The summed E-state index contributed by atoms with van der Waals surface area (Å²) in [5, 5.41) is 5.38. The highest BCUT2D eigenvalue weighted by atomic mass is 32.1. The number of hydrogen-bond donors (Lipinski definition) is 1. The number of carbonyl (C=O) groups is 1. The quantitative estimate of drug-likeness (QED) is 0.857. The van der Waals surface area contributed by atoms with E-state index in [9.17, 15) is 4.79 Å². The van der Waals surface area contributed by atoms with Crippen LogP contribution >= 0.6 is 11.3 Å². The maximum Gasteiger partial charge on any atom is 0.264 e. The van der Waals surface area contributed by atoms with E-state index in [2.05, 4.69) is 29.0 Å². The monoisotopic (exact) mass is 361 g/mol. The zero-order valence-corrected chi connectivity index (χ0v) is 15.3. The number of thiazole rings is 1. The number of ether oxygens (including phenoxy) is 2. The minimum absolute atomic E-state index is 0.0303. The first-order valence-electron chi connectivity index (χ1n) is 8.38. The molecular weight excluding hydrogens is 338 g/mol. The second-order valence-electron chi connectivity index (χ2n) is 6.25. The molecule has 7 heteroatoms. The van der Waals surface area contributed by atoms with Crippen LogP contribution in [0, 0.1) is 0 Å². The van der Waals surface area contributed by atoms with Gasteiger partial charge in [0, 0.05) is 25.0 Å². The summed E-state index contributed by atoms with van der Waals surface area (Å²) in [6.07, 6.45) is 0.466. The van der Waals surface area contributed by atoms with Gasteiger partial charge in [-0.05, 0) is 26.0 Å². The Morgan fingerprint density at radius 3 is 2.76 bits per heavy atom. The van der Waals surface area contributed by atoms with Crippen molar-refractivity contribution in [1.29, 1.82) is 0 Å². The van der Waals surface area contributed by atoms with E-state index in [0.717, 1.165) is 25.3 Å². The Morgan fingerprint density at radius 1 is 1.32 bits per heavy atom. The second-order valence-corrected chi connectivity index (χ2v) is 7.10. The van der Waals surface area contributed by atoms with E-state index >= 15 is 0 Å². The summed E-state index contributed by atoms with van der Waals surface area (Å²) < 4.78 is 11.2. The lowest BCUT2D eigenvalue weighted by molar-refractivity contribution is -0.118. The maximum absolute atomic E-state index is 12.0. The van der Waals surface area contributed by atoms with Crippen molar-refractivity contribution in [2.24, 2.45) is 0 Å². The molecule has 25 heavy (non-hydrogen) atoms. The van der Waals surface area contributed by atoms with E-state index in [1.54, 1.807) is 0 Å². The fourth-order valence-electron chi connectivity index (χ4n) is 2.90. The van der Waals surface area contributed by atoms with Crippen molar-refractivity contribution in [3.8, 4) is 5.75 Å². The van der Waals surface area contributed by atoms with Gasteiger partial charge in [0.1, 0.15) is 5.75 Å². The number of nitrogens with one attached hydrogen (secondary N) is 1. The number of rotatable bonds is 6. The molecular formula is C18H23N3O3S. The smallest absolute Gasteiger partial charge is 0.264 e. The predicted octanol–water partition coefficient (Wildman–Crippen LogP) is 2.77. The molecule has 2 aromatic rings. The van der Waals surface area contributed by atoms with Gasteiger partial charge in [-0.3, -0.25) is 15.0 Å². The molecule has 2 unspecified atom stereocenters. The van der Waals surface area contributed by atoms with Crippen molar-refractivity contribution in [3.63, 3.8) is 0 Å². The number of amides is 1. The normalized spacial score (nSPS) is 21.0. The Bertz CT molecular complexity index is 682. The highest BCUT2D eigenvalue weighted by Gasteiger charge is 2.22. The third kappa shape index (κ3) is 5.52. The lowest BCUT2D eigenvalue weighted by Gasteiger charge is -2.34. The van der Waals surface area contributed by atoms with Gasteiger partial charge < -0.3 is 9.47 Å². The first-order chi connectivity index (χ1) is 12.1. The minimum Gasteiger partial charge on any atom is -0.484 e. The summed E-state index contributed by atoms with van der Waals surface area (Å²) in [7, 11) is 0. The zero-order valence-electron chi connectivity index (χ0n) is 14.5. The molecule has 2 heterocycles. The van der Waals surface area contributed by atoms with Gasteiger partial charge in [-0.1, -0.05) is 18.2 Å². The van der Waals surface area contributed by atoms with Crippen molar-refractivity contribution in [3.05, 3.63) is 41.4 Å². The van der Waals surface area contributed by atoms with Crippen LogP contribution in [0.1, 0.15) is 19.5 Å². The summed E-state index contributed by atoms with van der Waals surface area (Å²) in [4.78, 5) is 18.8. The Kier molecular flexibility index (Phi) is 6.01. The Balaban J connectivity index is 1.47. The first-order valence-corrected chi connectivity index (χ1v) is 9.26. The summed E-state index contributed by atoms with van der Waals surface area (Å²) in [5.74, 6) is 0.464. The second kappa shape index (κ2) is 8.42. The number of hydrogen-bond acceptors (Lipinski definition) is 6. The SMILES string of the molecule is CC1CN(Cc2csc(NC(=O)COc3ccccc3)n2)CC(C)O1. The molecule has 1 amide bonds. The van der Waals surface area contributed by atoms with Crippen LogP contribution in [-0.4, -0.2) is 47.7 Å². The van der Waals surface area contributed by atoms with Crippen molar-refractivity contribution in [2.75, 3.05) is 25.0 Å². The molecule has 134 valence electrons. The van der Waals surface area contributed by atoms with Gasteiger partial charge in [0.2, 0.25) is 0 Å². The lowest BCUT2D eigenvalue weighted by Crippen LogP contribution is -2.44. The van der Waals surface area contributed by atoms with Gasteiger partial charge in [-0.25, -0.2) is 4.98 Å². The highest BCUT2D eigenvalue weighted by molar-refractivity contribution is 7.13. The Labute approximate surface area is 151 Å². The van der Waals surface area contributed by atoms with Crippen LogP contribution in [0.3, 0.4) is 0 Å². The molecule has 1 saturated heterocycles. The van der Waals surface area contributed by atoms with Gasteiger partial charge >= 0.3 is 0 Å². The number of nitrogens with zero attached hydrogens (tertiary/aromatic N) is 2. The molecule has 1 aromatic heterocycles. The predicted molar refractivity (Wildman–Crippen MR) is 98.0 cm³/mol. The number of benzene rings is 1. The number of aromatic nitrogens is 1. The van der Waals surface area contributed by atoms with Crippen molar-refractivity contribution >= 4 is 22.4 Å². The molecule has 0 saturated carbocycles. The topological polar surface area (TPSA) is 63.7 Å². The van der Waals surface area contributed by atoms with Crippen LogP contribution < -0.4 is 10.1 Å². The van der Waals surface area contributed by atoms with E-state index < -0.39 is 0 Å². The number of para-hydroxylation sites is 1. The number of morpholine rings is 1. The van der Waals surface area contributed by atoms with E-state index in [-0.39, 0.29) is 24.7 Å². The molecule has 3 rings (SSSR count). The van der Waals surface area contributed by atoms with E-state index in [4.69, 9.17) is 9.47 Å².